The second kappa shape index (κ2) is 4.65. The van der Waals surface area contributed by atoms with E-state index in [0.717, 1.165) is 12.2 Å². The van der Waals surface area contributed by atoms with E-state index in [9.17, 15) is 0 Å². The lowest BCUT2D eigenvalue weighted by atomic mass is 10.1. The van der Waals surface area contributed by atoms with Gasteiger partial charge in [-0.15, -0.1) is 0 Å². The Labute approximate surface area is 90.4 Å². The van der Waals surface area contributed by atoms with Crippen LogP contribution < -0.4 is 0 Å². The highest BCUT2D eigenvalue weighted by atomic mass is 16.5. The van der Waals surface area contributed by atoms with Crippen molar-refractivity contribution in [2.45, 2.75) is 6.42 Å². The minimum Gasteiger partial charge on any atom is -0.500 e. The zero-order chi connectivity index (χ0) is 10.5. The number of benzene rings is 1. The Hall–Kier alpha value is -1.76. The Morgan fingerprint density at radius 2 is 1.73 bits per heavy atom. The van der Waals surface area contributed by atoms with E-state index in [0.29, 0.717) is 0 Å². The van der Waals surface area contributed by atoms with Crippen LogP contribution in [-0.4, -0.2) is 7.11 Å². The molecule has 1 aromatic carbocycles. The summed E-state index contributed by atoms with van der Waals surface area (Å²) in [5, 5.41) is 0. The van der Waals surface area contributed by atoms with E-state index in [4.69, 9.17) is 4.74 Å². The average molecular weight is 198 g/mol. The van der Waals surface area contributed by atoms with Crippen LogP contribution in [0.3, 0.4) is 0 Å². The van der Waals surface area contributed by atoms with Crippen LogP contribution in [0.15, 0.2) is 66.0 Å². The molecule has 0 aliphatic heterocycles. The van der Waals surface area contributed by atoms with Crippen molar-refractivity contribution in [1.29, 1.82) is 0 Å². The number of rotatable bonds is 3. The van der Waals surface area contributed by atoms with Crippen LogP contribution in [0.4, 0.5) is 0 Å². The van der Waals surface area contributed by atoms with Crippen molar-refractivity contribution in [3.63, 3.8) is 0 Å². The monoisotopic (exact) mass is 198 g/mol. The van der Waals surface area contributed by atoms with Crippen LogP contribution >= 0.6 is 0 Å². The molecule has 0 atom stereocenters. The fourth-order valence-corrected chi connectivity index (χ4v) is 1.63. The maximum Gasteiger partial charge on any atom is 0.107 e. The molecule has 0 unspecified atom stereocenters. The van der Waals surface area contributed by atoms with Gasteiger partial charge in [-0.25, -0.2) is 0 Å². The molecular weight excluding hydrogens is 184 g/mol. The molecule has 0 heterocycles. The molecule has 0 fully saturated rings. The van der Waals surface area contributed by atoms with Crippen LogP contribution in [-0.2, 0) is 11.2 Å². The summed E-state index contributed by atoms with van der Waals surface area (Å²) < 4.78 is 5.42. The van der Waals surface area contributed by atoms with E-state index in [1.807, 2.05) is 30.4 Å². The predicted octanol–water partition coefficient (Wildman–Crippen LogP) is 3.26. The van der Waals surface area contributed by atoms with Crippen molar-refractivity contribution in [3.05, 3.63) is 71.5 Å². The van der Waals surface area contributed by atoms with Gasteiger partial charge in [0.25, 0.3) is 0 Å². The third kappa shape index (κ3) is 2.38. The van der Waals surface area contributed by atoms with Gasteiger partial charge in [-0.05, 0) is 5.56 Å². The summed E-state index contributed by atoms with van der Waals surface area (Å²) in [5.41, 5.74) is 2.44. The zero-order valence-electron chi connectivity index (χ0n) is 8.81. The van der Waals surface area contributed by atoms with Gasteiger partial charge in [0.2, 0.25) is 0 Å². The molecule has 76 valence electrons. The van der Waals surface area contributed by atoms with Gasteiger partial charge in [-0.3, -0.25) is 0 Å². The highest BCUT2D eigenvalue weighted by Crippen LogP contribution is 2.18. The molecule has 1 aliphatic carbocycles. The number of ether oxygens (including phenoxy) is 1. The lowest BCUT2D eigenvalue weighted by molar-refractivity contribution is 0.281. The van der Waals surface area contributed by atoms with E-state index in [1.165, 1.54) is 11.1 Å². The van der Waals surface area contributed by atoms with Crippen molar-refractivity contribution < 1.29 is 4.74 Å². The Balaban J connectivity index is 2.20. The molecule has 0 radical (unpaired) electrons. The van der Waals surface area contributed by atoms with Gasteiger partial charge >= 0.3 is 0 Å². The van der Waals surface area contributed by atoms with Crippen molar-refractivity contribution >= 4 is 0 Å². The number of methoxy groups -OCH3 is 1. The first kappa shape index (κ1) is 9.78. The topological polar surface area (TPSA) is 9.23 Å². The first-order valence-electron chi connectivity index (χ1n) is 5.06. The average Bonchev–Trinajstić information content (AvgIpc) is 2.81. The standard InChI is InChI=1S/C14H14O/c1-15-14(13-9-5-6-10-13)11-12-7-3-2-4-8-12/h2-10H,11H2,1H3. The quantitative estimate of drug-likeness (QED) is 0.677. The van der Waals surface area contributed by atoms with Crippen molar-refractivity contribution in [3.8, 4) is 0 Å². The Bertz CT molecular complexity index is 396. The summed E-state index contributed by atoms with van der Waals surface area (Å²) in [5.74, 6) is 1.02. The van der Waals surface area contributed by atoms with Gasteiger partial charge in [0.15, 0.2) is 0 Å². The minimum atomic E-state index is 0.849. The number of hydrogen-bond acceptors (Lipinski definition) is 1. The lowest BCUT2D eigenvalue weighted by Gasteiger charge is -2.08. The van der Waals surface area contributed by atoms with Gasteiger partial charge in [0, 0.05) is 12.0 Å². The molecule has 0 bridgehead atoms. The number of hydrogen-bond donors (Lipinski definition) is 0. The highest BCUT2D eigenvalue weighted by Gasteiger charge is 2.05. The lowest BCUT2D eigenvalue weighted by Crippen LogP contribution is -1.95. The molecular formula is C14H14O. The summed E-state index contributed by atoms with van der Waals surface area (Å²) in [6.07, 6.45) is 9.05. The van der Waals surface area contributed by atoms with E-state index in [2.05, 4.69) is 24.3 Å². The highest BCUT2D eigenvalue weighted by molar-refractivity contribution is 5.43. The summed E-state index contributed by atoms with van der Waals surface area (Å²) in [4.78, 5) is 0. The van der Waals surface area contributed by atoms with Gasteiger partial charge in [0.1, 0.15) is 5.76 Å². The molecule has 0 N–H and O–H groups in total. The third-order valence-electron chi connectivity index (χ3n) is 2.44. The molecule has 0 saturated carbocycles. The smallest absolute Gasteiger partial charge is 0.107 e. The molecule has 1 aromatic rings. The van der Waals surface area contributed by atoms with Crippen LogP contribution in [0.25, 0.3) is 0 Å². The second-order valence-corrected chi connectivity index (χ2v) is 3.46. The van der Waals surface area contributed by atoms with E-state index >= 15 is 0 Å². The molecule has 0 aromatic heterocycles. The molecule has 0 saturated heterocycles. The van der Waals surface area contributed by atoms with Crippen LogP contribution in [0.1, 0.15) is 5.56 Å². The van der Waals surface area contributed by atoms with Crippen LogP contribution in [0, 0.1) is 0 Å². The first-order chi connectivity index (χ1) is 7.40. The molecule has 0 amide bonds. The molecule has 0 spiro atoms. The van der Waals surface area contributed by atoms with E-state index in [1.54, 1.807) is 7.11 Å². The van der Waals surface area contributed by atoms with Gasteiger partial charge < -0.3 is 4.74 Å². The fraction of sp³-hybridized carbons (Fsp3) is 0.143. The maximum absolute atomic E-state index is 5.42. The SMILES string of the molecule is COC(Cc1ccccc1)=C1C=CC=C1. The van der Waals surface area contributed by atoms with E-state index < -0.39 is 0 Å². The molecule has 15 heavy (non-hydrogen) atoms. The molecule has 1 heteroatoms. The van der Waals surface area contributed by atoms with E-state index in [-0.39, 0.29) is 0 Å². The van der Waals surface area contributed by atoms with Gasteiger partial charge in [-0.2, -0.15) is 0 Å². The number of allylic oxidation sites excluding steroid dienone is 6. The van der Waals surface area contributed by atoms with Crippen molar-refractivity contribution in [2.24, 2.45) is 0 Å². The molecule has 1 nitrogen and oxygen atoms in total. The summed E-state index contributed by atoms with van der Waals surface area (Å²) in [6.45, 7) is 0. The second-order valence-electron chi connectivity index (χ2n) is 3.46. The summed E-state index contributed by atoms with van der Waals surface area (Å²) >= 11 is 0. The van der Waals surface area contributed by atoms with Crippen molar-refractivity contribution in [1.82, 2.24) is 0 Å². The van der Waals surface area contributed by atoms with Crippen LogP contribution in [0.5, 0.6) is 0 Å². The normalized spacial score (nSPS) is 13.3. The molecule has 1 aliphatic rings. The fourth-order valence-electron chi connectivity index (χ4n) is 1.63. The predicted molar refractivity (Wildman–Crippen MR) is 62.5 cm³/mol. The van der Waals surface area contributed by atoms with Gasteiger partial charge in [0.05, 0.1) is 7.11 Å². The largest absolute Gasteiger partial charge is 0.500 e. The zero-order valence-corrected chi connectivity index (χ0v) is 8.81. The maximum atomic E-state index is 5.42. The summed E-state index contributed by atoms with van der Waals surface area (Å²) in [7, 11) is 1.73. The van der Waals surface area contributed by atoms with Crippen molar-refractivity contribution in [2.75, 3.05) is 7.11 Å². The van der Waals surface area contributed by atoms with Gasteiger partial charge in [-0.1, -0.05) is 54.6 Å². The first-order valence-corrected chi connectivity index (χ1v) is 5.06. The Morgan fingerprint density at radius 1 is 1.07 bits per heavy atom. The minimum absolute atomic E-state index is 0.849. The van der Waals surface area contributed by atoms with Crippen LogP contribution in [0.2, 0.25) is 0 Å². The third-order valence-corrected chi connectivity index (χ3v) is 2.44. The molecule has 2 rings (SSSR count). The Morgan fingerprint density at radius 3 is 2.33 bits per heavy atom. The Kier molecular flexibility index (Phi) is 3.03. The summed E-state index contributed by atoms with van der Waals surface area (Å²) in [6, 6.07) is 10.4.